The lowest BCUT2D eigenvalue weighted by Crippen LogP contribution is -2.04. The molecular weight excluding hydrogens is 212 g/mol. The number of rotatable bonds is 5. The Labute approximate surface area is 96.3 Å². The first-order chi connectivity index (χ1) is 6.61. The summed E-state index contributed by atoms with van der Waals surface area (Å²) in [5.74, 6) is 0.700. The van der Waals surface area contributed by atoms with Gasteiger partial charge in [-0.1, -0.05) is 13.8 Å². The fourth-order valence-corrected chi connectivity index (χ4v) is 3.13. The van der Waals surface area contributed by atoms with Crippen LogP contribution in [0.25, 0.3) is 0 Å². The summed E-state index contributed by atoms with van der Waals surface area (Å²) in [6, 6.07) is 4.51. The normalized spacial score (nSPS) is 15.4. The topological polar surface area (TPSA) is 0 Å². The van der Waals surface area contributed by atoms with E-state index in [-0.39, 0.29) is 0 Å². The number of halogens is 1. The molecule has 1 aromatic rings. The summed E-state index contributed by atoms with van der Waals surface area (Å²) >= 11 is 7.92. The van der Waals surface area contributed by atoms with Crippen LogP contribution >= 0.6 is 22.9 Å². The molecule has 0 aromatic carbocycles. The van der Waals surface area contributed by atoms with Crippen molar-refractivity contribution in [2.24, 2.45) is 5.92 Å². The van der Waals surface area contributed by atoms with Crippen molar-refractivity contribution in [2.45, 2.75) is 45.4 Å². The van der Waals surface area contributed by atoms with E-state index in [0.29, 0.717) is 11.3 Å². The molecule has 1 aromatic heterocycles. The van der Waals surface area contributed by atoms with Crippen molar-refractivity contribution < 1.29 is 0 Å². The third-order valence-corrected chi connectivity index (χ3v) is 3.77. The third kappa shape index (κ3) is 4.02. The molecule has 0 aliphatic carbocycles. The van der Waals surface area contributed by atoms with Gasteiger partial charge in [0.15, 0.2) is 0 Å². The molecule has 1 heterocycles. The number of hydrogen-bond acceptors (Lipinski definition) is 1. The van der Waals surface area contributed by atoms with E-state index in [1.807, 2.05) is 11.3 Å². The Balaban J connectivity index is 2.43. The summed E-state index contributed by atoms with van der Waals surface area (Å²) in [6.45, 7) is 6.56. The first-order valence-electron chi connectivity index (χ1n) is 5.33. The van der Waals surface area contributed by atoms with Gasteiger partial charge in [-0.15, -0.1) is 22.9 Å². The number of aryl methyl sites for hydroxylation is 1. The zero-order chi connectivity index (χ0) is 10.6. The quantitative estimate of drug-likeness (QED) is 0.654. The van der Waals surface area contributed by atoms with Crippen LogP contribution in [-0.4, -0.2) is 5.38 Å². The molecule has 0 aliphatic heterocycles. The van der Waals surface area contributed by atoms with E-state index in [1.54, 1.807) is 0 Å². The van der Waals surface area contributed by atoms with E-state index in [2.05, 4.69) is 32.9 Å². The van der Waals surface area contributed by atoms with Crippen LogP contribution in [0.15, 0.2) is 12.1 Å². The number of thiophene rings is 1. The maximum Gasteiger partial charge on any atom is 0.0310 e. The highest BCUT2D eigenvalue weighted by Gasteiger charge is 2.08. The van der Waals surface area contributed by atoms with Gasteiger partial charge in [-0.25, -0.2) is 0 Å². The molecule has 0 N–H and O–H groups in total. The largest absolute Gasteiger partial charge is 0.145 e. The first-order valence-corrected chi connectivity index (χ1v) is 6.58. The predicted molar refractivity (Wildman–Crippen MR) is 66.5 cm³/mol. The first kappa shape index (κ1) is 12.1. The highest BCUT2D eigenvalue weighted by molar-refractivity contribution is 7.11. The molecule has 0 nitrogen and oxygen atoms in total. The Bertz CT molecular complexity index is 265. The molecule has 80 valence electrons. The van der Waals surface area contributed by atoms with E-state index >= 15 is 0 Å². The molecule has 1 rings (SSSR count). The summed E-state index contributed by atoms with van der Waals surface area (Å²) in [5.41, 5.74) is 0. The lowest BCUT2D eigenvalue weighted by atomic mass is 10.0. The predicted octanol–water partition coefficient (Wildman–Crippen LogP) is 4.51. The van der Waals surface area contributed by atoms with Gasteiger partial charge >= 0.3 is 0 Å². The summed E-state index contributed by atoms with van der Waals surface area (Å²) in [7, 11) is 0. The highest BCUT2D eigenvalue weighted by Crippen LogP contribution is 2.22. The van der Waals surface area contributed by atoms with Gasteiger partial charge in [0.05, 0.1) is 0 Å². The van der Waals surface area contributed by atoms with Crippen molar-refractivity contribution >= 4 is 22.9 Å². The van der Waals surface area contributed by atoms with Gasteiger partial charge in [-0.2, -0.15) is 0 Å². The molecule has 2 unspecified atom stereocenters. The molecule has 0 fully saturated rings. The number of hydrogen-bond donors (Lipinski definition) is 0. The van der Waals surface area contributed by atoms with Gasteiger partial charge in [0.1, 0.15) is 0 Å². The molecule has 0 saturated carbocycles. The monoisotopic (exact) mass is 230 g/mol. The zero-order valence-corrected chi connectivity index (χ0v) is 10.8. The summed E-state index contributed by atoms with van der Waals surface area (Å²) in [4.78, 5) is 3.00. The average Bonchev–Trinajstić information content (AvgIpc) is 2.50. The van der Waals surface area contributed by atoms with Crippen molar-refractivity contribution in [3.05, 3.63) is 21.9 Å². The maximum atomic E-state index is 5.97. The van der Waals surface area contributed by atoms with Crippen LogP contribution in [0.3, 0.4) is 0 Å². The molecule has 14 heavy (non-hydrogen) atoms. The lowest BCUT2D eigenvalue weighted by Gasteiger charge is -2.10. The van der Waals surface area contributed by atoms with Crippen LogP contribution in [0, 0.1) is 5.92 Å². The molecule has 0 spiro atoms. The molecule has 0 saturated heterocycles. The van der Waals surface area contributed by atoms with Crippen LogP contribution < -0.4 is 0 Å². The van der Waals surface area contributed by atoms with Gasteiger partial charge in [0, 0.05) is 15.1 Å². The molecule has 0 amide bonds. The van der Waals surface area contributed by atoms with Gasteiger partial charge in [-0.05, 0) is 44.2 Å². The Hall–Kier alpha value is -0.0100. The van der Waals surface area contributed by atoms with Crippen LogP contribution in [0.5, 0.6) is 0 Å². The van der Waals surface area contributed by atoms with Crippen LogP contribution in [0.4, 0.5) is 0 Å². The van der Waals surface area contributed by atoms with Crippen molar-refractivity contribution in [1.29, 1.82) is 0 Å². The highest BCUT2D eigenvalue weighted by atomic mass is 35.5. The van der Waals surface area contributed by atoms with Gasteiger partial charge in [0.2, 0.25) is 0 Å². The molecule has 0 radical (unpaired) electrons. The maximum absolute atomic E-state index is 5.97. The van der Waals surface area contributed by atoms with E-state index in [0.717, 1.165) is 12.8 Å². The minimum atomic E-state index is 0.301. The average molecular weight is 231 g/mol. The molecule has 2 heteroatoms. The Morgan fingerprint density at radius 3 is 2.43 bits per heavy atom. The van der Waals surface area contributed by atoms with Crippen molar-refractivity contribution in [3.63, 3.8) is 0 Å². The van der Waals surface area contributed by atoms with Crippen molar-refractivity contribution in [1.82, 2.24) is 0 Å². The minimum Gasteiger partial charge on any atom is -0.145 e. The lowest BCUT2D eigenvalue weighted by molar-refractivity contribution is 0.530. The van der Waals surface area contributed by atoms with Gasteiger partial charge < -0.3 is 0 Å². The van der Waals surface area contributed by atoms with E-state index in [1.165, 1.54) is 16.2 Å². The fraction of sp³-hybridized carbons (Fsp3) is 0.667. The van der Waals surface area contributed by atoms with Crippen molar-refractivity contribution in [3.8, 4) is 0 Å². The molecule has 0 aliphatic rings. The van der Waals surface area contributed by atoms with E-state index < -0.39 is 0 Å². The summed E-state index contributed by atoms with van der Waals surface area (Å²) in [5, 5.41) is 0.301. The Kier molecular flexibility index (Phi) is 4.97. The van der Waals surface area contributed by atoms with Gasteiger partial charge in [0.25, 0.3) is 0 Å². The molecular formula is C12H19ClS. The smallest absolute Gasteiger partial charge is 0.0310 e. The van der Waals surface area contributed by atoms with E-state index in [9.17, 15) is 0 Å². The van der Waals surface area contributed by atoms with Gasteiger partial charge in [-0.3, -0.25) is 0 Å². The second-order valence-electron chi connectivity index (χ2n) is 4.05. The molecule has 2 atom stereocenters. The summed E-state index contributed by atoms with van der Waals surface area (Å²) in [6.07, 6.45) is 3.45. The van der Waals surface area contributed by atoms with Crippen LogP contribution in [0.1, 0.15) is 36.9 Å². The third-order valence-electron chi connectivity index (χ3n) is 2.34. The second-order valence-corrected chi connectivity index (χ2v) is 6.05. The second kappa shape index (κ2) is 5.77. The minimum absolute atomic E-state index is 0.301. The molecule has 0 bridgehead atoms. The van der Waals surface area contributed by atoms with Crippen LogP contribution in [-0.2, 0) is 12.8 Å². The van der Waals surface area contributed by atoms with E-state index in [4.69, 9.17) is 11.6 Å². The SMILES string of the molecule is CCc1ccc(CC(C)CC(C)Cl)s1. The number of alkyl halides is 1. The van der Waals surface area contributed by atoms with Crippen LogP contribution in [0.2, 0.25) is 0 Å². The zero-order valence-electron chi connectivity index (χ0n) is 9.22. The van der Waals surface area contributed by atoms with Crippen molar-refractivity contribution in [2.75, 3.05) is 0 Å². The standard InChI is InChI=1S/C12H19ClS/c1-4-11-5-6-12(14-11)8-9(2)7-10(3)13/h5-6,9-10H,4,7-8H2,1-3H3. The summed E-state index contributed by atoms with van der Waals surface area (Å²) < 4.78 is 0. The Morgan fingerprint density at radius 1 is 1.29 bits per heavy atom. The fourth-order valence-electron chi connectivity index (χ4n) is 1.70. The Morgan fingerprint density at radius 2 is 1.93 bits per heavy atom.